The molecule has 508 valence electrons. The second-order valence-electron chi connectivity index (χ2n) is 22.4. The maximum Gasteiger partial charge on any atom is 0 e. The molecule has 0 aliphatic carbocycles. The molecule has 10 nitrogen and oxygen atoms in total. The number of rotatable bonds is 11. The Balaban J connectivity index is 0.000000302. The molecule has 2 unspecified atom stereocenters. The van der Waals surface area contributed by atoms with Gasteiger partial charge in [-0.25, -0.2) is 9.56 Å². The Labute approximate surface area is 626 Å². The van der Waals surface area contributed by atoms with Crippen LogP contribution in [0.5, 0.6) is 0 Å². The summed E-state index contributed by atoms with van der Waals surface area (Å²) in [5, 5.41) is 10.0. The van der Waals surface area contributed by atoms with Gasteiger partial charge in [-0.05, 0) is 87.8 Å². The smallest absolute Gasteiger partial charge is 0 e. The van der Waals surface area contributed by atoms with Crippen molar-refractivity contribution in [1.29, 1.82) is 0 Å². The summed E-state index contributed by atoms with van der Waals surface area (Å²) in [6.45, 7) is 27.4. The summed E-state index contributed by atoms with van der Waals surface area (Å²) in [6, 6.07) is 90.8. The Kier molecular flexibility index (Phi) is 42.0. The first-order valence-corrected chi connectivity index (χ1v) is 37.8. The molecule has 0 saturated carbocycles. The first-order chi connectivity index (χ1) is 46.1. The SMILES string of the molecule is C1CCOC1.CC(=Nc1ccccc1)n1cc[n+](C)c1.CN1C=CN(C(C)(Cc2ccccc2)[N-]c2ccccc2)[CH-]1.CN1C=CN(C(C)(Cc2ccccc2)[N-]c2ccccc2)[CH-]1.[CH2-]c1ccccc1.[CH2-]c1ccccc1.[CH2-]c1ccccc1.[CH2-]c1ccccc1.[Cl-].[Cl][Zr][Cl].[Zr]. The Morgan fingerprint density at radius 3 is 1.02 bits per heavy atom. The molecule has 3 aliphatic rings. The van der Waals surface area contributed by atoms with E-state index in [-0.39, 0.29) is 49.9 Å². The van der Waals surface area contributed by atoms with Crippen molar-refractivity contribution in [3.05, 3.63) is 402 Å². The Bertz CT molecular complexity index is 3260. The number of benzene rings is 9. The normalized spacial score (nSPS) is 13.2. The largest absolute Gasteiger partial charge is 0 e. The summed E-state index contributed by atoms with van der Waals surface area (Å²) in [7, 11) is 15.9. The van der Waals surface area contributed by atoms with Gasteiger partial charge in [0.2, 0.25) is 6.33 Å². The zero-order valence-electron chi connectivity index (χ0n) is 56.8. The van der Waals surface area contributed by atoms with Gasteiger partial charge in [0, 0.05) is 46.3 Å². The quantitative estimate of drug-likeness (QED) is 0.0558. The number of aryl methyl sites for hydroxylation is 1. The minimum absolute atomic E-state index is 0. The second kappa shape index (κ2) is 48.8. The number of aliphatic imine (C=N–C) groups is 1. The minimum Gasteiger partial charge on any atom is 0 e. The van der Waals surface area contributed by atoms with E-state index < -0.39 is 20.8 Å². The van der Waals surface area contributed by atoms with Crippen molar-refractivity contribution in [2.24, 2.45) is 12.0 Å². The zero-order chi connectivity index (χ0) is 68.2. The van der Waals surface area contributed by atoms with Crippen molar-refractivity contribution >= 4 is 39.9 Å². The Hall–Kier alpha value is -7.78. The van der Waals surface area contributed by atoms with Gasteiger partial charge < -0.3 is 47.4 Å². The van der Waals surface area contributed by atoms with Gasteiger partial charge in [0.25, 0.3) is 0 Å². The monoisotopic (exact) mass is 1500 g/mol. The molecule has 0 radical (unpaired) electrons. The van der Waals surface area contributed by atoms with Crippen LogP contribution in [0.4, 0.5) is 17.1 Å². The van der Waals surface area contributed by atoms with Crippen molar-refractivity contribution in [2.45, 2.75) is 57.8 Å². The zero-order valence-corrected chi connectivity index (χ0v) is 64.0. The predicted molar refractivity (Wildman–Crippen MR) is 398 cm³/mol. The number of para-hydroxylation sites is 3. The maximum atomic E-state index is 5.02. The molecule has 0 amide bonds. The van der Waals surface area contributed by atoms with E-state index in [1.54, 1.807) is 0 Å². The second-order valence-corrected chi connectivity index (χ2v) is 26.2. The molecule has 0 N–H and O–H groups in total. The fourth-order valence-corrected chi connectivity index (χ4v) is 9.18. The third kappa shape index (κ3) is 35.3. The third-order valence-corrected chi connectivity index (χ3v) is 14.1. The molecule has 13 rings (SSSR count). The summed E-state index contributed by atoms with van der Waals surface area (Å²) in [6.07, 6.45) is 18.5. The number of halogens is 3. The maximum absolute atomic E-state index is 5.02. The van der Waals surface area contributed by atoms with Crippen LogP contribution in [0, 0.1) is 41.0 Å². The molecule has 1 aromatic heterocycles. The first kappa shape index (κ1) is 83.4. The molecule has 0 spiro atoms. The average molecular weight is 1510 g/mol. The molecule has 1 fully saturated rings. The van der Waals surface area contributed by atoms with Gasteiger partial charge >= 0.3 is 37.9 Å². The summed E-state index contributed by atoms with van der Waals surface area (Å²) < 4.78 is 8.93. The fourth-order valence-electron chi connectivity index (χ4n) is 9.18. The van der Waals surface area contributed by atoms with Crippen molar-refractivity contribution < 1.29 is 68.8 Å². The van der Waals surface area contributed by atoms with Crippen molar-refractivity contribution in [1.82, 2.24) is 24.2 Å². The van der Waals surface area contributed by atoms with E-state index in [4.69, 9.17) is 32.4 Å². The summed E-state index contributed by atoms with van der Waals surface area (Å²) in [4.78, 5) is 12.9. The molecule has 1 saturated heterocycles. The topological polar surface area (TPSA) is 71.6 Å². The van der Waals surface area contributed by atoms with Gasteiger partial charge in [-0.3, -0.25) is 0 Å². The van der Waals surface area contributed by atoms with Gasteiger partial charge in [-0.15, -0.1) is 59.9 Å². The number of nitrogens with zero attached hydrogens (tertiary/aromatic N) is 9. The number of hydrogen-bond acceptors (Lipinski definition) is 6. The third-order valence-electron chi connectivity index (χ3n) is 14.1. The van der Waals surface area contributed by atoms with Gasteiger partial charge in [-0.1, -0.05) is 189 Å². The van der Waals surface area contributed by atoms with Crippen LogP contribution in [0.1, 0.15) is 67.0 Å². The van der Waals surface area contributed by atoms with Crippen LogP contribution in [-0.2, 0) is 71.7 Å². The number of aromatic nitrogens is 2. The van der Waals surface area contributed by atoms with Gasteiger partial charge in [0.15, 0.2) is 5.84 Å². The molecule has 4 heterocycles. The van der Waals surface area contributed by atoms with Crippen LogP contribution in [0.15, 0.2) is 321 Å². The Morgan fingerprint density at radius 2 is 0.784 bits per heavy atom. The molecule has 0 bridgehead atoms. The molecule has 15 heteroatoms. The van der Waals surface area contributed by atoms with Crippen molar-refractivity contribution in [3.8, 4) is 0 Å². The van der Waals surface area contributed by atoms with E-state index in [1.807, 2.05) is 303 Å². The number of ether oxygens (including phenoxy) is 1. The standard InChI is InChI=1S/2C19H21N3.C12H14N3.4C7H7.C4H8O.3ClH.2Zr/c2*1-19(22-14-13-21(2)16-22,15-17-9-5-3-6-10-17)20-18-11-7-4-8-12-18;1-11(15-9-8-14(2)10-15)13-12-6-4-3-5-7-12;4*1-7-5-3-2-4-6-7;1-2-4-5-3-1;;;;;/h2*3-14,16H,15H2,1-2H3;3-10H,1-2H3;4*2-6H,1H2;1-4H2;3*1H;;/q2*-2;+1;4*-1;;;;;;+2/p-3. The summed E-state index contributed by atoms with van der Waals surface area (Å²) in [5.41, 5.74) is 9.10. The Morgan fingerprint density at radius 1 is 0.495 bits per heavy atom. The van der Waals surface area contributed by atoms with Crippen molar-refractivity contribution in [3.63, 3.8) is 0 Å². The molecule has 10 aromatic rings. The van der Waals surface area contributed by atoms with Crippen molar-refractivity contribution in [2.75, 3.05) is 27.3 Å². The molecule has 97 heavy (non-hydrogen) atoms. The van der Waals surface area contributed by atoms with Gasteiger partial charge in [-0.2, -0.15) is 116 Å². The number of hydrogen-bond donors (Lipinski definition) is 0. The molecule has 2 atom stereocenters. The molecular formula is C82H92Cl3N9OZr2-8. The summed E-state index contributed by atoms with van der Waals surface area (Å²) in [5.74, 6) is 0.960. The molecule has 9 aromatic carbocycles. The van der Waals surface area contributed by atoms with E-state index in [9.17, 15) is 0 Å². The van der Waals surface area contributed by atoms with E-state index in [1.165, 1.54) is 24.0 Å². The molecular weight excluding hydrogens is 1420 g/mol. The van der Waals surface area contributed by atoms with Crippen LogP contribution < -0.4 is 17.0 Å². The van der Waals surface area contributed by atoms with Crippen LogP contribution >= 0.6 is 17.0 Å². The van der Waals surface area contributed by atoms with Crippen LogP contribution in [0.2, 0.25) is 0 Å². The minimum atomic E-state index is -0.826. The van der Waals surface area contributed by atoms with Crippen LogP contribution in [-0.4, -0.2) is 68.6 Å². The first-order valence-electron chi connectivity index (χ1n) is 31.4. The summed E-state index contributed by atoms with van der Waals surface area (Å²) >= 11 is -0.826. The van der Waals surface area contributed by atoms with Crippen LogP contribution in [0.25, 0.3) is 10.6 Å². The number of imidazole rings is 1. The van der Waals surface area contributed by atoms with Gasteiger partial charge in [0.1, 0.15) is 12.4 Å². The fraction of sp³-hybridized carbons (Fsp3) is 0.171. The van der Waals surface area contributed by atoms with E-state index in [2.05, 4.69) is 131 Å². The van der Waals surface area contributed by atoms with E-state index in [0.29, 0.717) is 0 Å². The van der Waals surface area contributed by atoms with E-state index in [0.717, 1.165) is 71.2 Å². The van der Waals surface area contributed by atoms with Gasteiger partial charge in [0.05, 0.1) is 12.7 Å². The van der Waals surface area contributed by atoms with Crippen LogP contribution in [0.3, 0.4) is 0 Å². The average Bonchev–Trinajstić information content (AvgIpc) is 1.80. The predicted octanol–water partition coefficient (Wildman–Crippen LogP) is 17.5. The molecule has 3 aliphatic heterocycles. The van der Waals surface area contributed by atoms with E-state index >= 15 is 0 Å².